The number of rotatable bonds is 9. The highest BCUT2D eigenvalue weighted by atomic mass is 16.5. The lowest BCUT2D eigenvalue weighted by Gasteiger charge is -2.09. The molecule has 0 aromatic carbocycles. The first-order chi connectivity index (χ1) is 9.07. The summed E-state index contributed by atoms with van der Waals surface area (Å²) in [4.78, 5) is 0. The lowest BCUT2D eigenvalue weighted by Crippen LogP contribution is -2.16. The normalized spacial score (nSPS) is 10.7. The molecule has 1 heterocycles. The minimum Gasteiger partial charge on any atom is -0.475 e. The van der Waals surface area contributed by atoms with Gasteiger partial charge in [-0.15, -0.1) is 0 Å². The number of nitrogens with two attached hydrogens (primary N) is 1. The van der Waals surface area contributed by atoms with Gasteiger partial charge in [-0.3, -0.25) is 5.41 Å². The van der Waals surface area contributed by atoms with E-state index in [0.717, 1.165) is 6.42 Å². The van der Waals surface area contributed by atoms with Crippen LogP contribution in [0.1, 0.15) is 17.7 Å². The van der Waals surface area contributed by atoms with Crippen LogP contribution < -0.4 is 10.5 Å². The largest absolute Gasteiger partial charge is 0.475 e. The maximum atomic E-state index is 7.52. The monoisotopic (exact) mass is 270 g/mol. The third kappa shape index (κ3) is 4.53. The molecular formula is C12H22N4O3. The van der Waals surface area contributed by atoms with Crippen LogP contribution in [0.2, 0.25) is 0 Å². The standard InChI is InChI=1S/C12H22N4O3/c1-9-10(11(13)14)12(16(2)15-9)19-8-7-18-6-4-5-17-3/h4-8H2,1-3H3,(H3,13,14). The maximum absolute atomic E-state index is 7.52. The molecule has 0 spiro atoms. The SMILES string of the molecule is COCCCOCCOc1c(C(=N)N)c(C)nn1C. The number of aryl methyl sites for hydroxylation is 2. The molecule has 0 aliphatic rings. The van der Waals surface area contributed by atoms with E-state index in [1.54, 1.807) is 25.8 Å². The average molecular weight is 270 g/mol. The number of nitrogens with one attached hydrogen (secondary N) is 1. The van der Waals surface area contributed by atoms with Crippen LogP contribution in [-0.2, 0) is 16.5 Å². The summed E-state index contributed by atoms with van der Waals surface area (Å²) in [6.45, 7) is 4.00. The highest BCUT2D eigenvalue weighted by molar-refractivity contribution is 5.98. The Morgan fingerprint density at radius 3 is 2.68 bits per heavy atom. The van der Waals surface area contributed by atoms with Crippen molar-refractivity contribution in [2.45, 2.75) is 13.3 Å². The predicted octanol–water partition coefficient (Wildman–Crippen LogP) is 0.444. The van der Waals surface area contributed by atoms with Crippen molar-refractivity contribution < 1.29 is 14.2 Å². The van der Waals surface area contributed by atoms with Crippen LogP contribution in [0.3, 0.4) is 0 Å². The van der Waals surface area contributed by atoms with E-state index in [0.29, 0.717) is 43.6 Å². The van der Waals surface area contributed by atoms with Crippen molar-refractivity contribution in [2.24, 2.45) is 12.8 Å². The van der Waals surface area contributed by atoms with Crippen LogP contribution >= 0.6 is 0 Å². The number of nitrogens with zero attached hydrogens (tertiary/aromatic N) is 2. The minimum absolute atomic E-state index is 0.0402. The molecule has 1 aromatic rings. The first-order valence-electron chi connectivity index (χ1n) is 6.15. The highest BCUT2D eigenvalue weighted by Crippen LogP contribution is 2.20. The van der Waals surface area contributed by atoms with Crippen molar-refractivity contribution in [3.05, 3.63) is 11.3 Å². The summed E-state index contributed by atoms with van der Waals surface area (Å²) in [6.07, 6.45) is 0.861. The molecule has 1 rings (SSSR count). The first kappa shape index (κ1) is 15.5. The molecular weight excluding hydrogens is 248 g/mol. The summed E-state index contributed by atoms with van der Waals surface area (Å²) in [5.41, 5.74) is 6.75. The van der Waals surface area contributed by atoms with Crippen molar-refractivity contribution >= 4 is 5.84 Å². The van der Waals surface area contributed by atoms with Crippen molar-refractivity contribution in [1.29, 1.82) is 5.41 Å². The molecule has 0 aliphatic heterocycles. The first-order valence-corrected chi connectivity index (χ1v) is 6.15. The zero-order valence-corrected chi connectivity index (χ0v) is 11.7. The van der Waals surface area contributed by atoms with Gasteiger partial charge in [0.05, 0.1) is 12.3 Å². The second kappa shape index (κ2) is 7.75. The molecule has 0 unspecified atom stereocenters. The molecule has 108 valence electrons. The van der Waals surface area contributed by atoms with E-state index in [2.05, 4.69) is 5.10 Å². The molecule has 0 atom stereocenters. The molecule has 0 radical (unpaired) electrons. The Morgan fingerprint density at radius 1 is 1.32 bits per heavy atom. The van der Waals surface area contributed by atoms with Gasteiger partial charge in [0.25, 0.3) is 0 Å². The van der Waals surface area contributed by atoms with Crippen molar-refractivity contribution in [1.82, 2.24) is 9.78 Å². The molecule has 0 bridgehead atoms. The second-order valence-corrected chi connectivity index (χ2v) is 4.11. The fraction of sp³-hybridized carbons (Fsp3) is 0.667. The van der Waals surface area contributed by atoms with Gasteiger partial charge in [-0.2, -0.15) is 5.10 Å². The smallest absolute Gasteiger partial charge is 0.223 e. The lowest BCUT2D eigenvalue weighted by atomic mass is 10.2. The predicted molar refractivity (Wildman–Crippen MR) is 71.8 cm³/mol. The number of aromatic nitrogens is 2. The third-order valence-corrected chi connectivity index (χ3v) is 2.54. The molecule has 1 aromatic heterocycles. The number of hydrogen-bond acceptors (Lipinski definition) is 5. The van der Waals surface area contributed by atoms with Gasteiger partial charge in [-0.1, -0.05) is 0 Å². The van der Waals surface area contributed by atoms with Gasteiger partial charge in [0, 0.05) is 27.4 Å². The minimum atomic E-state index is -0.0402. The molecule has 0 saturated heterocycles. The van der Waals surface area contributed by atoms with Gasteiger partial charge >= 0.3 is 0 Å². The Kier molecular flexibility index (Phi) is 6.31. The maximum Gasteiger partial charge on any atom is 0.223 e. The fourth-order valence-electron chi connectivity index (χ4n) is 1.72. The number of amidine groups is 1. The van der Waals surface area contributed by atoms with Crippen LogP contribution in [0.15, 0.2) is 0 Å². The summed E-state index contributed by atoms with van der Waals surface area (Å²) < 4.78 is 17.5. The Morgan fingerprint density at radius 2 is 2.05 bits per heavy atom. The quantitative estimate of drug-likeness (QED) is 0.386. The van der Waals surface area contributed by atoms with Crippen molar-refractivity contribution in [3.63, 3.8) is 0 Å². The fourth-order valence-corrected chi connectivity index (χ4v) is 1.72. The van der Waals surface area contributed by atoms with E-state index in [9.17, 15) is 0 Å². The summed E-state index contributed by atoms with van der Waals surface area (Å²) in [5.74, 6) is 0.465. The molecule has 19 heavy (non-hydrogen) atoms. The van der Waals surface area contributed by atoms with E-state index in [1.165, 1.54) is 0 Å². The second-order valence-electron chi connectivity index (χ2n) is 4.11. The van der Waals surface area contributed by atoms with Crippen LogP contribution in [0.25, 0.3) is 0 Å². The van der Waals surface area contributed by atoms with Gasteiger partial charge in [0.15, 0.2) is 0 Å². The molecule has 7 heteroatoms. The molecule has 7 nitrogen and oxygen atoms in total. The number of ether oxygens (including phenoxy) is 3. The topological polar surface area (TPSA) is 95.4 Å². The summed E-state index contributed by atoms with van der Waals surface area (Å²) in [7, 11) is 3.42. The van der Waals surface area contributed by atoms with Gasteiger partial charge in [-0.05, 0) is 13.3 Å². The van der Waals surface area contributed by atoms with E-state index < -0.39 is 0 Å². The Labute approximate surface area is 113 Å². The lowest BCUT2D eigenvalue weighted by molar-refractivity contribution is 0.0784. The molecule has 0 aliphatic carbocycles. The summed E-state index contributed by atoms with van der Waals surface area (Å²) in [5, 5.41) is 11.7. The Balaban J connectivity index is 2.39. The third-order valence-electron chi connectivity index (χ3n) is 2.54. The van der Waals surface area contributed by atoms with E-state index >= 15 is 0 Å². The van der Waals surface area contributed by atoms with Crippen LogP contribution in [0, 0.1) is 12.3 Å². The van der Waals surface area contributed by atoms with E-state index in [4.69, 9.17) is 25.4 Å². The summed E-state index contributed by atoms with van der Waals surface area (Å²) in [6, 6.07) is 0. The van der Waals surface area contributed by atoms with E-state index in [1.807, 2.05) is 0 Å². The van der Waals surface area contributed by atoms with Crippen molar-refractivity contribution in [3.8, 4) is 5.88 Å². The van der Waals surface area contributed by atoms with Crippen LogP contribution in [0.4, 0.5) is 0 Å². The Hall–Kier alpha value is -1.60. The Bertz CT molecular complexity index is 417. The zero-order valence-electron chi connectivity index (χ0n) is 11.7. The molecule has 0 fully saturated rings. The van der Waals surface area contributed by atoms with Crippen molar-refractivity contribution in [2.75, 3.05) is 33.5 Å². The number of methoxy groups -OCH3 is 1. The molecule has 3 N–H and O–H groups in total. The van der Waals surface area contributed by atoms with Gasteiger partial charge in [0.1, 0.15) is 18.0 Å². The number of hydrogen-bond donors (Lipinski definition) is 2. The van der Waals surface area contributed by atoms with Gasteiger partial charge in [0.2, 0.25) is 5.88 Å². The van der Waals surface area contributed by atoms with Crippen LogP contribution in [0.5, 0.6) is 5.88 Å². The van der Waals surface area contributed by atoms with Gasteiger partial charge < -0.3 is 19.9 Å². The van der Waals surface area contributed by atoms with E-state index in [-0.39, 0.29) is 5.84 Å². The summed E-state index contributed by atoms with van der Waals surface area (Å²) >= 11 is 0. The highest BCUT2D eigenvalue weighted by Gasteiger charge is 2.16. The zero-order chi connectivity index (χ0) is 14.3. The van der Waals surface area contributed by atoms with Crippen LogP contribution in [-0.4, -0.2) is 49.2 Å². The molecule has 0 saturated carbocycles. The van der Waals surface area contributed by atoms with Gasteiger partial charge in [-0.25, -0.2) is 4.68 Å². The molecule has 0 amide bonds. The average Bonchev–Trinajstić information content (AvgIpc) is 2.63. The number of nitrogen functional groups attached to an aromatic ring is 1.